The molecular formula is C31H32Cl2N10O8. The van der Waals surface area contributed by atoms with Crippen molar-refractivity contribution in [3.8, 4) is 22.8 Å². The van der Waals surface area contributed by atoms with E-state index in [4.69, 9.17) is 33.4 Å². The standard InChI is InChI=1S/C31H32Cl2N10O8/c32-29-39-30(33)41-31(40-29)35-10-2-1-9-24(28(50)51)43(17-27(48)49)14-19-6-4-8-21(37-19)23-12-34-11-22(38-23)20-7-3-5-18(36-20)13-42(15-25(44)45)16-26(46)47/h3-8,11-12,24H,1-2,9-10,13-17H2,(H,44,45)(H,46,47)(H,48,49)(H,50,51)(H,35,39,40,41)/t24-/m0/s1. The van der Waals surface area contributed by atoms with Gasteiger partial charge in [-0.15, -0.1) is 0 Å². The van der Waals surface area contributed by atoms with Crippen molar-refractivity contribution >= 4 is 53.0 Å². The number of nitrogens with one attached hydrogen (secondary N) is 1. The van der Waals surface area contributed by atoms with Gasteiger partial charge < -0.3 is 25.7 Å². The average Bonchev–Trinajstić information content (AvgIpc) is 3.05. The molecule has 268 valence electrons. The third-order valence-corrected chi connectivity index (χ3v) is 7.41. The topological polar surface area (TPSA) is 258 Å². The van der Waals surface area contributed by atoms with E-state index in [1.165, 1.54) is 22.2 Å². The summed E-state index contributed by atoms with van der Waals surface area (Å²) in [6.45, 7) is -1.26. The number of hydrogen-bond donors (Lipinski definition) is 5. The first-order chi connectivity index (χ1) is 24.4. The van der Waals surface area contributed by atoms with Gasteiger partial charge in [-0.2, -0.15) is 15.0 Å². The molecule has 0 aromatic carbocycles. The molecule has 0 aliphatic rings. The Kier molecular flexibility index (Phi) is 13.9. The summed E-state index contributed by atoms with van der Waals surface area (Å²) in [5, 5.41) is 40.7. The Labute approximate surface area is 300 Å². The second kappa shape index (κ2) is 18.5. The van der Waals surface area contributed by atoms with Crippen molar-refractivity contribution in [1.29, 1.82) is 0 Å². The lowest BCUT2D eigenvalue weighted by molar-refractivity contribution is -0.147. The Bertz CT molecular complexity index is 1830. The van der Waals surface area contributed by atoms with E-state index >= 15 is 0 Å². The molecule has 4 aromatic heterocycles. The number of unbranched alkanes of at least 4 members (excludes halogenated alkanes) is 1. The number of nitrogens with zero attached hydrogens (tertiary/aromatic N) is 9. The molecule has 4 rings (SSSR count). The Morgan fingerprint density at radius 3 is 1.75 bits per heavy atom. The summed E-state index contributed by atoms with van der Waals surface area (Å²) >= 11 is 11.6. The van der Waals surface area contributed by atoms with Crippen molar-refractivity contribution in [2.75, 3.05) is 31.5 Å². The predicted molar refractivity (Wildman–Crippen MR) is 181 cm³/mol. The van der Waals surface area contributed by atoms with Crippen molar-refractivity contribution in [2.24, 2.45) is 0 Å². The predicted octanol–water partition coefficient (Wildman–Crippen LogP) is 2.69. The van der Waals surface area contributed by atoms with Crippen LogP contribution in [0.2, 0.25) is 10.6 Å². The molecule has 0 saturated carbocycles. The van der Waals surface area contributed by atoms with Crippen LogP contribution in [0, 0.1) is 0 Å². The number of pyridine rings is 2. The van der Waals surface area contributed by atoms with Gasteiger partial charge in [-0.05, 0) is 66.7 Å². The minimum atomic E-state index is -1.20. The van der Waals surface area contributed by atoms with Crippen LogP contribution in [0.1, 0.15) is 30.7 Å². The summed E-state index contributed by atoms with van der Waals surface area (Å²) in [5.41, 5.74) is 2.32. The molecule has 0 spiro atoms. The molecular weight excluding hydrogens is 711 g/mol. The number of carboxylic acid groups (broad SMARTS) is 4. The van der Waals surface area contributed by atoms with Gasteiger partial charge in [0.05, 0.1) is 54.8 Å². The highest BCUT2D eigenvalue weighted by molar-refractivity contribution is 6.31. The monoisotopic (exact) mass is 742 g/mol. The van der Waals surface area contributed by atoms with Crippen LogP contribution in [0.4, 0.5) is 5.95 Å². The van der Waals surface area contributed by atoms with Crippen LogP contribution in [-0.2, 0) is 32.3 Å². The molecule has 51 heavy (non-hydrogen) atoms. The van der Waals surface area contributed by atoms with Crippen LogP contribution in [0.15, 0.2) is 48.8 Å². The van der Waals surface area contributed by atoms with Gasteiger partial charge in [0.25, 0.3) is 0 Å². The van der Waals surface area contributed by atoms with Crippen molar-refractivity contribution in [3.05, 3.63) is 70.7 Å². The van der Waals surface area contributed by atoms with Crippen molar-refractivity contribution in [3.63, 3.8) is 0 Å². The van der Waals surface area contributed by atoms with E-state index in [9.17, 15) is 29.4 Å². The number of hydrogen-bond acceptors (Lipinski definition) is 14. The van der Waals surface area contributed by atoms with Gasteiger partial charge in [0.2, 0.25) is 16.5 Å². The molecule has 20 heteroatoms. The highest BCUT2D eigenvalue weighted by atomic mass is 35.5. The Morgan fingerprint density at radius 1 is 0.667 bits per heavy atom. The molecule has 0 aliphatic carbocycles. The first kappa shape index (κ1) is 38.4. The fourth-order valence-corrected chi connectivity index (χ4v) is 5.36. The molecule has 0 radical (unpaired) electrons. The van der Waals surface area contributed by atoms with Gasteiger partial charge >= 0.3 is 23.9 Å². The lowest BCUT2D eigenvalue weighted by Crippen LogP contribution is -2.43. The van der Waals surface area contributed by atoms with Gasteiger partial charge in [0, 0.05) is 19.6 Å². The van der Waals surface area contributed by atoms with Crippen LogP contribution in [-0.4, -0.2) is 121 Å². The van der Waals surface area contributed by atoms with E-state index in [1.807, 2.05) is 0 Å². The maximum atomic E-state index is 12.3. The number of carboxylic acids is 4. The van der Waals surface area contributed by atoms with E-state index in [0.29, 0.717) is 53.5 Å². The first-order valence-electron chi connectivity index (χ1n) is 15.3. The molecule has 0 amide bonds. The molecule has 1 atom stereocenters. The largest absolute Gasteiger partial charge is 0.480 e. The Hall–Kier alpha value is -5.43. The zero-order valence-corrected chi connectivity index (χ0v) is 28.3. The maximum Gasteiger partial charge on any atom is 0.320 e. The molecule has 0 unspecified atom stereocenters. The summed E-state index contributed by atoms with van der Waals surface area (Å²) in [6.07, 6.45) is 4.03. The first-order valence-corrected chi connectivity index (χ1v) is 16.0. The quantitative estimate of drug-likeness (QED) is 0.0815. The van der Waals surface area contributed by atoms with E-state index in [0.717, 1.165) is 0 Å². The molecule has 4 heterocycles. The Morgan fingerprint density at radius 2 is 1.22 bits per heavy atom. The number of carbonyl (C=O) groups is 4. The minimum absolute atomic E-state index is 0.0323. The SMILES string of the molecule is O=C(O)CN(CC(=O)O)Cc1cccc(-c2cncc(-c3cccc(CN(CC(=O)O)[C@@H](CCCCNc4nc(Cl)nc(Cl)n4)C(=O)O)n3)n2)n1. The average molecular weight is 744 g/mol. The minimum Gasteiger partial charge on any atom is -0.480 e. The highest BCUT2D eigenvalue weighted by Gasteiger charge is 2.27. The summed E-state index contributed by atoms with van der Waals surface area (Å²) in [7, 11) is 0. The normalized spacial score (nSPS) is 11.8. The maximum absolute atomic E-state index is 12.3. The van der Waals surface area contributed by atoms with Gasteiger partial charge in [-0.1, -0.05) is 12.1 Å². The van der Waals surface area contributed by atoms with Crippen molar-refractivity contribution < 1.29 is 39.6 Å². The summed E-state index contributed by atoms with van der Waals surface area (Å²) < 4.78 is 0. The van der Waals surface area contributed by atoms with E-state index < -0.39 is 49.6 Å². The van der Waals surface area contributed by atoms with Crippen LogP contribution in [0.25, 0.3) is 22.8 Å². The number of aliphatic carboxylic acids is 4. The summed E-state index contributed by atoms with van der Waals surface area (Å²) in [6, 6.07) is 8.86. The zero-order valence-electron chi connectivity index (χ0n) is 26.8. The molecule has 4 aromatic rings. The number of halogens is 2. The molecule has 5 N–H and O–H groups in total. The summed E-state index contributed by atoms with van der Waals surface area (Å²) in [4.78, 5) is 78.5. The van der Waals surface area contributed by atoms with E-state index in [-0.39, 0.29) is 36.0 Å². The number of anilines is 1. The summed E-state index contributed by atoms with van der Waals surface area (Å²) in [5.74, 6) is -4.57. The van der Waals surface area contributed by atoms with Gasteiger partial charge in [-0.3, -0.25) is 34.0 Å². The number of aromatic nitrogens is 7. The fraction of sp³-hybridized carbons (Fsp3) is 0.323. The van der Waals surface area contributed by atoms with E-state index in [2.05, 4.69) is 40.2 Å². The van der Waals surface area contributed by atoms with Gasteiger partial charge in [-0.25, -0.2) is 15.0 Å². The highest BCUT2D eigenvalue weighted by Crippen LogP contribution is 2.21. The molecule has 18 nitrogen and oxygen atoms in total. The third-order valence-electron chi connectivity index (χ3n) is 7.07. The third kappa shape index (κ3) is 12.4. The van der Waals surface area contributed by atoms with E-state index in [1.54, 1.807) is 36.4 Å². The molecule has 0 bridgehead atoms. The lowest BCUT2D eigenvalue weighted by atomic mass is 10.1. The Balaban J connectivity index is 1.46. The molecule has 0 aliphatic heterocycles. The van der Waals surface area contributed by atoms with Crippen LogP contribution in [0.3, 0.4) is 0 Å². The fourth-order valence-electron chi connectivity index (χ4n) is 5.00. The lowest BCUT2D eigenvalue weighted by Gasteiger charge is -2.27. The zero-order chi connectivity index (χ0) is 36.9. The second-order valence-corrected chi connectivity index (χ2v) is 11.7. The molecule has 0 fully saturated rings. The van der Waals surface area contributed by atoms with Crippen molar-refractivity contribution in [1.82, 2.24) is 44.7 Å². The van der Waals surface area contributed by atoms with Crippen LogP contribution < -0.4 is 5.32 Å². The van der Waals surface area contributed by atoms with Crippen LogP contribution in [0.5, 0.6) is 0 Å². The second-order valence-electron chi connectivity index (χ2n) is 11.0. The molecule has 0 saturated heterocycles. The van der Waals surface area contributed by atoms with Gasteiger partial charge in [0.1, 0.15) is 17.4 Å². The van der Waals surface area contributed by atoms with Gasteiger partial charge in [0.15, 0.2) is 0 Å². The smallest absolute Gasteiger partial charge is 0.320 e. The van der Waals surface area contributed by atoms with Crippen LogP contribution >= 0.6 is 23.2 Å². The number of rotatable bonds is 20. The van der Waals surface area contributed by atoms with Crippen molar-refractivity contribution in [2.45, 2.75) is 38.4 Å².